The largest absolute Gasteiger partial charge is 0.314 e. The summed E-state index contributed by atoms with van der Waals surface area (Å²) >= 11 is 0. The summed E-state index contributed by atoms with van der Waals surface area (Å²) < 4.78 is 0. The number of piperazine rings is 1. The molecule has 4 heteroatoms. The number of nitrogens with zero attached hydrogens (tertiary/aromatic N) is 3. The molecule has 1 aliphatic carbocycles. The molecule has 2 aliphatic rings. The Hall–Kier alpha value is -1.44. The van der Waals surface area contributed by atoms with Gasteiger partial charge in [-0.1, -0.05) is 25.3 Å². The molecule has 0 unspecified atom stereocenters. The maximum atomic E-state index is 9.21. The predicted molar refractivity (Wildman–Crippen MR) is 78.0 cm³/mol. The Morgan fingerprint density at radius 1 is 1.35 bits per heavy atom. The molecule has 2 heterocycles. The molecule has 2 fully saturated rings. The number of pyridine rings is 1. The van der Waals surface area contributed by atoms with Gasteiger partial charge in [0, 0.05) is 43.5 Å². The van der Waals surface area contributed by atoms with Crippen molar-refractivity contribution in [1.82, 2.24) is 15.2 Å². The van der Waals surface area contributed by atoms with Gasteiger partial charge in [-0.25, -0.2) is 4.98 Å². The summed E-state index contributed by atoms with van der Waals surface area (Å²) in [5.74, 6) is 0. The third kappa shape index (κ3) is 2.56. The zero-order valence-electron chi connectivity index (χ0n) is 11.9. The van der Waals surface area contributed by atoms with Gasteiger partial charge >= 0.3 is 0 Å². The van der Waals surface area contributed by atoms with Gasteiger partial charge in [0.1, 0.15) is 11.8 Å². The number of rotatable bonds is 2. The highest BCUT2D eigenvalue weighted by molar-refractivity contribution is 5.30. The fourth-order valence-electron chi connectivity index (χ4n) is 3.71. The predicted octanol–water partition coefficient (Wildman–Crippen LogP) is 2.06. The smallest absolute Gasteiger partial charge is 0.144 e. The minimum absolute atomic E-state index is 0.305. The van der Waals surface area contributed by atoms with Crippen LogP contribution in [0.3, 0.4) is 0 Å². The Balaban J connectivity index is 1.82. The lowest BCUT2D eigenvalue weighted by Crippen LogP contribution is -2.61. The van der Waals surface area contributed by atoms with Crippen LogP contribution in [0.15, 0.2) is 18.3 Å². The van der Waals surface area contributed by atoms with Crippen LogP contribution in [0.2, 0.25) is 0 Å². The molecule has 0 radical (unpaired) electrons. The monoisotopic (exact) mass is 270 g/mol. The molecule has 106 valence electrons. The van der Waals surface area contributed by atoms with Crippen molar-refractivity contribution in [2.75, 3.05) is 19.6 Å². The molecule has 3 rings (SSSR count). The Labute approximate surface area is 120 Å². The van der Waals surface area contributed by atoms with Crippen molar-refractivity contribution in [2.45, 2.75) is 44.2 Å². The van der Waals surface area contributed by atoms with Gasteiger partial charge in [0.25, 0.3) is 0 Å². The van der Waals surface area contributed by atoms with Crippen LogP contribution in [0.1, 0.15) is 43.4 Å². The zero-order chi connectivity index (χ0) is 13.8. The Kier molecular flexibility index (Phi) is 4.00. The lowest BCUT2D eigenvalue weighted by Gasteiger charge is -2.50. The fraction of sp³-hybridized carbons (Fsp3) is 0.625. The summed E-state index contributed by atoms with van der Waals surface area (Å²) in [5, 5.41) is 12.8. The van der Waals surface area contributed by atoms with Crippen LogP contribution in [-0.2, 0) is 6.54 Å². The van der Waals surface area contributed by atoms with Gasteiger partial charge in [-0.15, -0.1) is 0 Å². The highest BCUT2D eigenvalue weighted by atomic mass is 15.3. The van der Waals surface area contributed by atoms with E-state index in [0.29, 0.717) is 11.2 Å². The van der Waals surface area contributed by atoms with Crippen LogP contribution >= 0.6 is 0 Å². The van der Waals surface area contributed by atoms with Crippen LogP contribution in [0.5, 0.6) is 0 Å². The summed E-state index contributed by atoms with van der Waals surface area (Å²) in [4.78, 5) is 6.79. The standard InChI is InChI=1S/C16H22N4/c17-11-15-14(5-4-8-19-15)12-20-10-9-18-13-16(20)6-2-1-3-7-16/h4-5,8,18H,1-3,6-7,9-10,12-13H2. The lowest BCUT2D eigenvalue weighted by molar-refractivity contribution is 0.0207. The van der Waals surface area contributed by atoms with E-state index in [4.69, 9.17) is 0 Å². The van der Waals surface area contributed by atoms with E-state index in [1.54, 1.807) is 6.20 Å². The Morgan fingerprint density at radius 3 is 3.00 bits per heavy atom. The highest BCUT2D eigenvalue weighted by Crippen LogP contribution is 2.35. The fourth-order valence-corrected chi connectivity index (χ4v) is 3.71. The maximum Gasteiger partial charge on any atom is 0.144 e. The van der Waals surface area contributed by atoms with Gasteiger partial charge in [-0.05, 0) is 18.9 Å². The van der Waals surface area contributed by atoms with E-state index in [1.807, 2.05) is 12.1 Å². The van der Waals surface area contributed by atoms with E-state index in [1.165, 1.54) is 32.1 Å². The minimum atomic E-state index is 0.305. The van der Waals surface area contributed by atoms with E-state index < -0.39 is 0 Å². The first kappa shape index (κ1) is 13.5. The number of nitriles is 1. The van der Waals surface area contributed by atoms with Gasteiger partial charge < -0.3 is 5.32 Å². The van der Waals surface area contributed by atoms with Gasteiger partial charge in [0.2, 0.25) is 0 Å². The van der Waals surface area contributed by atoms with Gasteiger partial charge in [0.05, 0.1) is 0 Å². The van der Waals surface area contributed by atoms with Crippen LogP contribution in [-0.4, -0.2) is 35.1 Å². The van der Waals surface area contributed by atoms with Gasteiger partial charge in [-0.3, -0.25) is 4.90 Å². The van der Waals surface area contributed by atoms with Crippen molar-refractivity contribution in [2.24, 2.45) is 0 Å². The number of nitrogens with one attached hydrogen (secondary N) is 1. The first-order valence-corrected chi connectivity index (χ1v) is 7.64. The SMILES string of the molecule is N#Cc1ncccc1CN1CCNCC12CCCCC2. The van der Waals surface area contributed by atoms with Crippen molar-refractivity contribution in [3.63, 3.8) is 0 Å². The number of aromatic nitrogens is 1. The van der Waals surface area contributed by atoms with Gasteiger partial charge in [-0.2, -0.15) is 5.26 Å². The Morgan fingerprint density at radius 2 is 2.20 bits per heavy atom. The molecule has 0 bridgehead atoms. The van der Waals surface area contributed by atoms with Gasteiger partial charge in [0.15, 0.2) is 0 Å². The summed E-state index contributed by atoms with van der Waals surface area (Å²) in [5.41, 5.74) is 1.96. The average Bonchev–Trinajstić information content (AvgIpc) is 2.51. The summed E-state index contributed by atoms with van der Waals surface area (Å²) in [6.45, 7) is 4.07. The van der Waals surface area contributed by atoms with Crippen molar-refractivity contribution in [1.29, 1.82) is 5.26 Å². The van der Waals surface area contributed by atoms with Crippen molar-refractivity contribution in [3.05, 3.63) is 29.6 Å². The van der Waals surface area contributed by atoms with Crippen molar-refractivity contribution >= 4 is 0 Å². The van der Waals surface area contributed by atoms with Crippen LogP contribution < -0.4 is 5.32 Å². The van der Waals surface area contributed by atoms with Crippen LogP contribution in [0, 0.1) is 11.3 Å². The quantitative estimate of drug-likeness (QED) is 0.893. The zero-order valence-corrected chi connectivity index (χ0v) is 11.9. The molecule has 1 aromatic heterocycles. The molecule has 20 heavy (non-hydrogen) atoms. The van der Waals surface area contributed by atoms with E-state index in [2.05, 4.69) is 21.3 Å². The molecule has 4 nitrogen and oxygen atoms in total. The highest BCUT2D eigenvalue weighted by Gasteiger charge is 2.39. The molecule has 1 N–H and O–H groups in total. The van der Waals surface area contributed by atoms with Crippen molar-refractivity contribution < 1.29 is 0 Å². The van der Waals surface area contributed by atoms with Crippen LogP contribution in [0.25, 0.3) is 0 Å². The maximum absolute atomic E-state index is 9.21. The summed E-state index contributed by atoms with van der Waals surface area (Å²) in [6, 6.07) is 6.21. The van der Waals surface area contributed by atoms with E-state index >= 15 is 0 Å². The summed E-state index contributed by atoms with van der Waals surface area (Å²) in [6.07, 6.45) is 8.29. The first-order valence-electron chi connectivity index (χ1n) is 7.64. The molecule has 0 atom stereocenters. The molecule has 1 saturated heterocycles. The third-order valence-electron chi connectivity index (χ3n) is 4.83. The first-order chi connectivity index (χ1) is 9.84. The molecule has 1 aliphatic heterocycles. The molecular weight excluding hydrogens is 248 g/mol. The molecule has 1 aromatic rings. The molecule has 1 spiro atoms. The van der Waals surface area contributed by atoms with Crippen molar-refractivity contribution in [3.8, 4) is 6.07 Å². The number of hydrogen-bond donors (Lipinski definition) is 1. The lowest BCUT2D eigenvalue weighted by atomic mass is 9.79. The normalized spacial score (nSPS) is 22.6. The molecular formula is C16H22N4. The second-order valence-corrected chi connectivity index (χ2v) is 6.01. The van der Waals surface area contributed by atoms with Crippen LogP contribution in [0.4, 0.5) is 0 Å². The topological polar surface area (TPSA) is 52.0 Å². The van der Waals surface area contributed by atoms with E-state index in [0.717, 1.165) is 31.7 Å². The molecule has 0 amide bonds. The third-order valence-corrected chi connectivity index (χ3v) is 4.83. The van der Waals surface area contributed by atoms with E-state index in [-0.39, 0.29) is 0 Å². The minimum Gasteiger partial charge on any atom is -0.314 e. The summed E-state index contributed by atoms with van der Waals surface area (Å²) in [7, 11) is 0. The molecule has 0 aromatic carbocycles. The number of hydrogen-bond acceptors (Lipinski definition) is 4. The second-order valence-electron chi connectivity index (χ2n) is 6.01. The second kappa shape index (κ2) is 5.90. The Bertz CT molecular complexity index is 491. The van der Waals surface area contributed by atoms with E-state index in [9.17, 15) is 5.26 Å². The molecule has 1 saturated carbocycles. The average molecular weight is 270 g/mol.